The highest BCUT2D eigenvalue weighted by Gasteiger charge is 2.31. The smallest absolute Gasteiger partial charge is 0.163 e. The van der Waals surface area contributed by atoms with Gasteiger partial charge in [0.1, 0.15) is 0 Å². The standard InChI is InChI=1S/C8H14N/c1-7-5-6-8(7)9(2,3)4/h7-8H,1-4H3/q+1. The van der Waals surface area contributed by atoms with Crippen molar-refractivity contribution >= 4 is 0 Å². The van der Waals surface area contributed by atoms with Gasteiger partial charge in [0, 0.05) is 0 Å². The second kappa shape index (κ2) is 1.75. The molecule has 0 spiro atoms. The van der Waals surface area contributed by atoms with Gasteiger partial charge in [-0.1, -0.05) is 5.92 Å². The first-order valence-corrected chi connectivity index (χ1v) is 3.34. The molecule has 0 bridgehead atoms. The van der Waals surface area contributed by atoms with E-state index in [0.717, 1.165) is 4.48 Å². The topological polar surface area (TPSA) is 0 Å². The molecule has 9 heavy (non-hydrogen) atoms. The van der Waals surface area contributed by atoms with Crippen molar-refractivity contribution in [2.75, 3.05) is 21.1 Å². The SMILES string of the molecule is CC1C#CC1[N+](C)(C)C. The highest BCUT2D eigenvalue weighted by molar-refractivity contribution is 5.23. The third-order valence-electron chi connectivity index (χ3n) is 1.77. The predicted molar refractivity (Wildman–Crippen MR) is 38.8 cm³/mol. The molecule has 0 N–H and O–H groups in total. The van der Waals surface area contributed by atoms with Crippen molar-refractivity contribution in [3.63, 3.8) is 0 Å². The molecule has 1 rings (SSSR count). The van der Waals surface area contributed by atoms with Gasteiger partial charge < -0.3 is 4.48 Å². The molecule has 1 nitrogen and oxygen atoms in total. The van der Waals surface area contributed by atoms with E-state index in [9.17, 15) is 0 Å². The highest BCUT2D eigenvalue weighted by Crippen LogP contribution is 2.18. The van der Waals surface area contributed by atoms with Crippen LogP contribution in [-0.4, -0.2) is 31.7 Å². The zero-order chi connectivity index (χ0) is 7.07. The largest absolute Gasteiger partial charge is 0.317 e. The Morgan fingerprint density at radius 2 is 1.67 bits per heavy atom. The number of hydrogen-bond donors (Lipinski definition) is 0. The van der Waals surface area contributed by atoms with E-state index in [4.69, 9.17) is 0 Å². The summed E-state index contributed by atoms with van der Waals surface area (Å²) in [5.41, 5.74) is 0. The van der Waals surface area contributed by atoms with Gasteiger partial charge in [0.25, 0.3) is 0 Å². The number of nitrogens with zero attached hydrogens (tertiary/aromatic N) is 1. The van der Waals surface area contributed by atoms with E-state index in [-0.39, 0.29) is 0 Å². The summed E-state index contributed by atoms with van der Waals surface area (Å²) in [5.74, 6) is 6.86. The van der Waals surface area contributed by atoms with E-state index in [1.54, 1.807) is 0 Å². The van der Waals surface area contributed by atoms with E-state index < -0.39 is 0 Å². The van der Waals surface area contributed by atoms with Crippen molar-refractivity contribution in [1.82, 2.24) is 0 Å². The second-order valence-corrected chi connectivity index (χ2v) is 3.64. The second-order valence-electron chi connectivity index (χ2n) is 3.64. The van der Waals surface area contributed by atoms with Gasteiger partial charge in [-0.2, -0.15) is 0 Å². The lowest BCUT2D eigenvalue weighted by Crippen LogP contribution is -2.50. The molecule has 1 aliphatic rings. The summed E-state index contributed by atoms with van der Waals surface area (Å²) in [6.07, 6.45) is 0. The lowest BCUT2D eigenvalue weighted by Gasteiger charge is -2.36. The zero-order valence-corrected chi connectivity index (χ0v) is 6.60. The Balaban J connectivity index is 2.61. The fraction of sp³-hybridized carbons (Fsp3) is 0.750. The molecule has 0 radical (unpaired) electrons. The Bertz CT molecular complexity index is 165. The lowest BCUT2D eigenvalue weighted by molar-refractivity contribution is -0.891. The molecule has 0 saturated heterocycles. The quantitative estimate of drug-likeness (QED) is 0.357. The first kappa shape index (κ1) is 6.64. The summed E-state index contributed by atoms with van der Waals surface area (Å²) in [4.78, 5) is 0. The fourth-order valence-corrected chi connectivity index (χ4v) is 1.19. The predicted octanol–water partition coefficient (Wildman–Crippen LogP) is 0.714. The Morgan fingerprint density at radius 3 is 1.67 bits per heavy atom. The highest BCUT2D eigenvalue weighted by atomic mass is 15.3. The van der Waals surface area contributed by atoms with Gasteiger partial charge in [-0.15, -0.1) is 0 Å². The normalized spacial score (nSPS) is 32.4. The van der Waals surface area contributed by atoms with E-state index in [1.807, 2.05) is 0 Å². The van der Waals surface area contributed by atoms with Crippen LogP contribution in [0.2, 0.25) is 0 Å². The molecule has 0 fully saturated rings. The van der Waals surface area contributed by atoms with Crippen LogP contribution >= 0.6 is 0 Å². The number of quaternary nitrogens is 1. The van der Waals surface area contributed by atoms with Gasteiger partial charge in [-0.25, -0.2) is 0 Å². The molecule has 0 aliphatic heterocycles. The van der Waals surface area contributed by atoms with Crippen LogP contribution in [-0.2, 0) is 0 Å². The lowest BCUT2D eigenvalue weighted by atomic mass is 9.92. The first-order valence-electron chi connectivity index (χ1n) is 3.34. The first-order chi connectivity index (χ1) is 4.02. The molecule has 0 aromatic heterocycles. The summed E-state index contributed by atoms with van der Waals surface area (Å²) in [6, 6.07) is 0.574. The molecule has 0 aromatic carbocycles. The van der Waals surface area contributed by atoms with Crippen LogP contribution in [0.3, 0.4) is 0 Å². The summed E-state index contributed by atoms with van der Waals surface area (Å²) in [7, 11) is 6.57. The minimum atomic E-state index is 0.574. The molecule has 1 aliphatic carbocycles. The molecular weight excluding hydrogens is 110 g/mol. The minimum Gasteiger partial charge on any atom is -0.317 e. The molecule has 1 heteroatoms. The maximum absolute atomic E-state index is 3.16. The Morgan fingerprint density at radius 1 is 1.11 bits per heavy atom. The van der Waals surface area contributed by atoms with Crippen molar-refractivity contribution in [2.45, 2.75) is 13.0 Å². The van der Waals surface area contributed by atoms with Crippen LogP contribution in [0.25, 0.3) is 0 Å². The molecule has 0 amide bonds. The Kier molecular flexibility index (Phi) is 1.29. The van der Waals surface area contributed by atoms with Crippen molar-refractivity contribution < 1.29 is 4.48 Å². The van der Waals surface area contributed by atoms with Crippen LogP contribution in [0.4, 0.5) is 0 Å². The van der Waals surface area contributed by atoms with Crippen LogP contribution in [0.5, 0.6) is 0 Å². The minimum absolute atomic E-state index is 0.574. The number of rotatable bonds is 1. The van der Waals surface area contributed by atoms with Crippen molar-refractivity contribution in [3.05, 3.63) is 0 Å². The van der Waals surface area contributed by atoms with Gasteiger partial charge in [-0.05, 0) is 12.8 Å². The summed E-state index contributed by atoms with van der Waals surface area (Å²) in [5, 5.41) is 0. The van der Waals surface area contributed by atoms with Crippen LogP contribution in [0.15, 0.2) is 0 Å². The van der Waals surface area contributed by atoms with Gasteiger partial charge >= 0.3 is 0 Å². The van der Waals surface area contributed by atoms with Gasteiger partial charge in [0.2, 0.25) is 0 Å². The third kappa shape index (κ3) is 1.09. The zero-order valence-electron chi connectivity index (χ0n) is 6.60. The van der Waals surface area contributed by atoms with Gasteiger partial charge in [-0.3, -0.25) is 0 Å². The summed E-state index contributed by atoms with van der Waals surface area (Å²) < 4.78 is 0.980. The van der Waals surface area contributed by atoms with Crippen molar-refractivity contribution in [2.24, 2.45) is 5.92 Å². The number of hydrogen-bond acceptors (Lipinski definition) is 0. The Labute approximate surface area is 57.3 Å². The average molecular weight is 124 g/mol. The van der Waals surface area contributed by atoms with Crippen LogP contribution in [0, 0.1) is 17.8 Å². The molecular formula is C8H14N+. The van der Waals surface area contributed by atoms with Crippen LogP contribution in [0.1, 0.15) is 6.92 Å². The molecule has 2 unspecified atom stereocenters. The third-order valence-corrected chi connectivity index (χ3v) is 1.77. The fourth-order valence-electron chi connectivity index (χ4n) is 1.19. The maximum Gasteiger partial charge on any atom is 0.163 e. The van der Waals surface area contributed by atoms with Gasteiger partial charge in [0.15, 0.2) is 6.04 Å². The molecule has 2 atom stereocenters. The van der Waals surface area contributed by atoms with Crippen LogP contribution < -0.4 is 0 Å². The van der Waals surface area contributed by atoms with Crippen molar-refractivity contribution in [3.8, 4) is 11.8 Å². The Hall–Kier alpha value is -0.480. The maximum atomic E-state index is 3.16. The molecule has 0 aromatic rings. The van der Waals surface area contributed by atoms with Crippen molar-refractivity contribution in [1.29, 1.82) is 0 Å². The van der Waals surface area contributed by atoms with E-state index in [1.165, 1.54) is 0 Å². The average Bonchev–Trinajstić information content (AvgIpc) is 1.57. The summed E-state index contributed by atoms with van der Waals surface area (Å²) >= 11 is 0. The van der Waals surface area contributed by atoms with Gasteiger partial charge in [0.05, 0.1) is 27.1 Å². The summed E-state index contributed by atoms with van der Waals surface area (Å²) in [6.45, 7) is 2.19. The molecule has 0 heterocycles. The molecule has 50 valence electrons. The van der Waals surface area contributed by atoms with E-state index in [0.29, 0.717) is 12.0 Å². The molecule has 0 saturated carbocycles. The van der Waals surface area contributed by atoms with E-state index >= 15 is 0 Å². The van der Waals surface area contributed by atoms with E-state index in [2.05, 4.69) is 39.9 Å². The monoisotopic (exact) mass is 124 g/mol.